The molecule has 1 unspecified atom stereocenters. The molecular formula is C16H23NO. The van der Waals surface area contributed by atoms with E-state index < -0.39 is 0 Å². The standard InChI is InChI=1S/C16H23NO/c1-2-13-8-9-15(17-12-13)11-16(18)10-14-6-4-3-5-7-14/h6,8-9,12,16,18H,2-5,7,10-11H2,1H3. The molecule has 0 aromatic carbocycles. The van der Waals surface area contributed by atoms with Gasteiger partial charge in [-0.25, -0.2) is 0 Å². The van der Waals surface area contributed by atoms with E-state index in [1.807, 2.05) is 12.3 Å². The smallest absolute Gasteiger partial charge is 0.0632 e. The van der Waals surface area contributed by atoms with E-state index in [4.69, 9.17) is 0 Å². The van der Waals surface area contributed by atoms with Crippen molar-refractivity contribution in [2.24, 2.45) is 0 Å². The molecule has 1 aliphatic carbocycles. The lowest BCUT2D eigenvalue weighted by Crippen LogP contribution is -2.13. The zero-order chi connectivity index (χ0) is 12.8. The number of pyridine rings is 1. The molecule has 0 saturated heterocycles. The first-order valence-electron chi connectivity index (χ1n) is 7.07. The van der Waals surface area contributed by atoms with Crippen LogP contribution in [-0.2, 0) is 12.8 Å². The lowest BCUT2D eigenvalue weighted by molar-refractivity contribution is 0.172. The first kappa shape index (κ1) is 13.3. The summed E-state index contributed by atoms with van der Waals surface area (Å²) in [5.74, 6) is 0. The highest BCUT2D eigenvalue weighted by atomic mass is 16.3. The van der Waals surface area contributed by atoms with Crippen molar-refractivity contribution in [2.75, 3.05) is 0 Å². The van der Waals surface area contributed by atoms with Crippen LogP contribution in [0, 0.1) is 0 Å². The summed E-state index contributed by atoms with van der Waals surface area (Å²) in [6.45, 7) is 2.13. The van der Waals surface area contributed by atoms with E-state index in [2.05, 4.69) is 24.1 Å². The van der Waals surface area contributed by atoms with E-state index in [0.717, 1.165) is 18.5 Å². The van der Waals surface area contributed by atoms with Gasteiger partial charge in [-0.1, -0.05) is 24.6 Å². The van der Waals surface area contributed by atoms with Crippen LogP contribution in [0.1, 0.15) is 50.3 Å². The first-order chi connectivity index (χ1) is 8.78. The average Bonchev–Trinajstić information content (AvgIpc) is 2.40. The van der Waals surface area contributed by atoms with E-state index >= 15 is 0 Å². The van der Waals surface area contributed by atoms with E-state index in [1.54, 1.807) is 0 Å². The van der Waals surface area contributed by atoms with Crippen molar-refractivity contribution in [3.63, 3.8) is 0 Å². The Hall–Kier alpha value is -1.15. The minimum atomic E-state index is -0.283. The van der Waals surface area contributed by atoms with Crippen molar-refractivity contribution in [3.05, 3.63) is 41.2 Å². The van der Waals surface area contributed by atoms with Crippen molar-refractivity contribution in [1.82, 2.24) is 4.98 Å². The van der Waals surface area contributed by atoms with Crippen molar-refractivity contribution < 1.29 is 5.11 Å². The second-order valence-electron chi connectivity index (χ2n) is 5.18. The van der Waals surface area contributed by atoms with Gasteiger partial charge in [0.1, 0.15) is 0 Å². The van der Waals surface area contributed by atoms with E-state index in [-0.39, 0.29) is 6.10 Å². The van der Waals surface area contributed by atoms with Crippen molar-refractivity contribution in [3.8, 4) is 0 Å². The Morgan fingerprint density at radius 2 is 2.17 bits per heavy atom. The number of rotatable bonds is 5. The van der Waals surface area contributed by atoms with Crippen molar-refractivity contribution in [2.45, 2.75) is 58.0 Å². The summed E-state index contributed by atoms with van der Waals surface area (Å²) < 4.78 is 0. The highest BCUT2D eigenvalue weighted by molar-refractivity contribution is 5.15. The number of nitrogens with zero attached hydrogens (tertiary/aromatic N) is 1. The molecule has 0 amide bonds. The van der Waals surface area contributed by atoms with Gasteiger partial charge in [-0.3, -0.25) is 4.98 Å². The van der Waals surface area contributed by atoms with Crippen LogP contribution in [-0.4, -0.2) is 16.2 Å². The molecule has 1 N–H and O–H groups in total. The number of aliphatic hydroxyl groups excluding tert-OH is 1. The lowest BCUT2D eigenvalue weighted by atomic mass is 9.94. The Morgan fingerprint density at radius 1 is 1.28 bits per heavy atom. The Morgan fingerprint density at radius 3 is 2.78 bits per heavy atom. The van der Waals surface area contributed by atoms with Crippen LogP contribution in [0.4, 0.5) is 0 Å². The van der Waals surface area contributed by atoms with Crippen LogP contribution in [0.15, 0.2) is 30.0 Å². The molecule has 0 radical (unpaired) electrons. The van der Waals surface area contributed by atoms with Crippen LogP contribution in [0.25, 0.3) is 0 Å². The van der Waals surface area contributed by atoms with Gasteiger partial charge in [0, 0.05) is 18.3 Å². The third kappa shape index (κ3) is 3.95. The topological polar surface area (TPSA) is 33.1 Å². The molecule has 0 fully saturated rings. The zero-order valence-corrected chi connectivity index (χ0v) is 11.2. The molecular weight excluding hydrogens is 222 g/mol. The molecule has 0 bridgehead atoms. The van der Waals surface area contributed by atoms with Crippen LogP contribution < -0.4 is 0 Å². The highest BCUT2D eigenvalue weighted by Gasteiger charge is 2.11. The first-order valence-corrected chi connectivity index (χ1v) is 7.07. The molecule has 0 spiro atoms. The van der Waals surface area contributed by atoms with Gasteiger partial charge < -0.3 is 5.11 Å². The fourth-order valence-corrected chi connectivity index (χ4v) is 2.49. The molecule has 1 aliphatic rings. The molecule has 2 nitrogen and oxygen atoms in total. The molecule has 98 valence electrons. The SMILES string of the molecule is CCc1ccc(CC(O)CC2=CCCCC2)nc1. The summed E-state index contributed by atoms with van der Waals surface area (Å²) in [4.78, 5) is 4.40. The molecule has 1 atom stereocenters. The Labute approximate surface area is 110 Å². The number of aromatic nitrogens is 1. The summed E-state index contributed by atoms with van der Waals surface area (Å²) in [5.41, 5.74) is 3.68. The van der Waals surface area contributed by atoms with Gasteiger partial charge in [0.2, 0.25) is 0 Å². The molecule has 18 heavy (non-hydrogen) atoms. The van der Waals surface area contributed by atoms with Gasteiger partial charge >= 0.3 is 0 Å². The molecule has 1 aromatic rings. The molecule has 1 aromatic heterocycles. The lowest BCUT2D eigenvalue weighted by Gasteiger charge is -2.16. The number of hydrogen-bond acceptors (Lipinski definition) is 2. The average molecular weight is 245 g/mol. The fraction of sp³-hybridized carbons (Fsp3) is 0.562. The second kappa shape index (κ2) is 6.69. The minimum Gasteiger partial charge on any atom is -0.392 e. The van der Waals surface area contributed by atoms with Crippen molar-refractivity contribution in [1.29, 1.82) is 0 Å². The van der Waals surface area contributed by atoms with Gasteiger partial charge in [0.25, 0.3) is 0 Å². The summed E-state index contributed by atoms with van der Waals surface area (Å²) >= 11 is 0. The Balaban J connectivity index is 1.85. The predicted molar refractivity (Wildman–Crippen MR) is 74.5 cm³/mol. The van der Waals surface area contributed by atoms with E-state index in [9.17, 15) is 5.11 Å². The third-order valence-corrected chi connectivity index (χ3v) is 3.62. The third-order valence-electron chi connectivity index (χ3n) is 3.62. The maximum Gasteiger partial charge on any atom is 0.0632 e. The normalized spacial score (nSPS) is 17.3. The number of aliphatic hydroxyl groups is 1. The van der Waals surface area contributed by atoms with Gasteiger partial charge in [-0.15, -0.1) is 0 Å². The molecule has 1 heterocycles. The summed E-state index contributed by atoms with van der Waals surface area (Å²) in [5, 5.41) is 10.1. The quantitative estimate of drug-likeness (QED) is 0.806. The van der Waals surface area contributed by atoms with Gasteiger partial charge in [-0.05, 0) is 50.2 Å². The monoisotopic (exact) mass is 245 g/mol. The summed E-state index contributed by atoms with van der Waals surface area (Å²) in [6.07, 6.45) is 11.4. The number of allylic oxidation sites excluding steroid dienone is 1. The van der Waals surface area contributed by atoms with Crippen LogP contribution in [0.5, 0.6) is 0 Å². The van der Waals surface area contributed by atoms with Gasteiger partial charge in [-0.2, -0.15) is 0 Å². The summed E-state index contributed by atoms with van der Waals surface area (Å²) in [7, 11) is 0. The summed E-state index contributed by atoms with van der Waals surface area (Å²) in [6, 6.07) is 4.15. The largest absolute Gasteiger partial charge is 0.392 e. The van der Waals surface area contributed by atoms with Gasteiger partial charge in [0.15, 0.2) is 0 Å². The van der Waals surface area contributed by atoms with Gasteiger partial charge in [0.05, 0.1) is 6.10 Å². The number of hydrogen-bond donors (Lipinski definition) is 1. The van der Waals surface area contributed by atoms with Crippen LogP contribution in [0.2, 0.25) is 0 Å². The fourth-order valence-electron chi connectivity index (χ4n) is 2.49. The zero-order valence-electron chi connectivity index (χ0n) is 11.2. The van der Waals surface area contributed by atoms with E-state index in [1.165, 1.54) is 36.8 Å². The minimum absolute atomic E-state index is 0.283. The molecule has 0 aliphatic heterocycles. The second-order valence-corrected chi connectivity index (χ2v) is 5.18. The van der Waals surface area contributed by atoms with Crippen molar-refractivity contribution >= 4 is 0 Å². The maximum atomic E-state index is 10.1. The molecule has 2 heteroatoms. The van der Waals surface area contributed by atoms with Crippen LogP contribution in [0.3, 0.4) is 0 Å². The molecule has 2 rings (SSSR count). The number of aryl methyl sites for hydroxylation is 1. The Kier molecular flexibility index (Phi) is 4.94. The Bertz CT molecular complexity index is 394. The maximum absolute atomic E-state index is 10.1. The van der Waals surface area contributed by atoms with Crippen LogP contribution >= 0.6 is 0 Å². The highest BCUT2D eigenvalue weighted by Crippen LogP contribution is 2.22. The van der Waals surface area contributed by atoms with E-state index in [0.29, 0.717) is 6.42 Å². The predicted octanol–water partition coefficient (Wildman–Crippen LogP) is 3.44. The molecule has 0 saturated carbocycles.